The molecular formula is C27H27O2Y-. The smallest absolute Gasteiger partial charge is 0.144 e. The van der Waals surface area contributed by atoms with Gasteiger partial charge in [0.15, 0.2) is 0 Å². The Kier molecular flexibility index (Phi) is 8.14. The van der Waals surface area contributed by atoms with Crippen molar-refractivity contribution in [2.75, 3.05) is 0 Å². The van der Waals surface area contributed by atoms with E-state index >= 15 is 0 Å². The summed E-state index contributed by atoms with van der Waals surface area (Å²) in [7, 11) is 0. The molecule has 3 aromatic rings. The van der Waals surface area contributed by atoms with E-state index in [0.717, 1.165) is 37.7 Å². The van der Waals surface area contributed by atoms with Crippen LogP contribution in [0.4, 0.5) is 0 Å². The number of carbonyl (C=O) groups excluding carboxylic acids is 2. The second-order valence-electron chi connectivity index (χ2n) is 8.27. The summed E-state index contributed by atoms with van der Waals surface area (Å²) in [5.74, 6) is 0.0650. The van der Waals surface area contributed by atoms with Crippen molar-refractivity contribution in [3.63, 3.8) is 0 Å². The van der Waals surface area contributed by atoms with E-state index in [0.29, 0.717) is 0 Å². The molecule has 3 aromatic carbocycles. The van der Waals surface area contributed by atoms with Crippen molar-refractivity contribution in [2.45, 2.75) is 45.4 Å². The van der Waals surface area contributed by atoms with Crippen molar-refractivity contribution in [2.24, 2.45) is 11.8 Å². The molecule has 1 saturated carbocycles. The number of carbonyl (C=O) groups is 2. The summed E-state index contributed by atoms with van der Waals surface area (Å²) in [6.07, 6.45) is 4.41. The molecule has 0 unspecified atom stereocenters. The van der Waals surface area contributed by atoms with Gasteiger partial charge in [0.1, 0.15) is 11.6 Å². The third-order valence-corrected chi connectivity index (χ3v) is 6.28. The van der Waals surface area contributed by atoms with Gasteiger partial charge in [-0.3, -0.25) is 9.59 Å². The molecule has 0 spiro atoms. The number of ketones is 2. The Bertz CT molecular complexity index is 1020. The van der Waals surface area contributed by atoms with Crippen molar-refractivity contribution >= 4 is 22.3 Å². The van der Waals surface area contributed by atoms with Gasteiger partial charge >= 0.3 is 0 Å². The van der Waals surface area contributed by atoms with Gasteiger partial charge in [-0.15, -0.1) is 0 Å². The molecule has 0 bridgehead atoms. The first-order valence-electron chi connectivity index (χ1n) is 10.6. The maximum Gasteiger partial charge on any atom is 0.144 e. The Balaban J connectivity index is 0.00000256. The van der Waals surface area contributed by atoms with E-state index in [1.807, 2.05) is 19.1 Å². The quantitative estimate of drug-likeness (QED) is 0.328. The van der Waals surface area contributed by atoms with E-state index in [1.165, 1.54) is 21.9 Å². The van der Waals surface area contributed by atoms with Crippen molar-refractivity contribution in [1.29, 1.82) is 0 Å². The first-order valence-corrected chi connectivity index (χ1v) is 10.6. The van der Waals surface area contributed by atoms with Crippen LogP contribution in [0, 0.1) is 24.8 Å². The average Bonchev–Trinajstić information content (AvgIpc) is 3.00. The first kappa shape index (κ1) is 23.0. The molecule has 0 amide bonds. The number of rotatable bonds is 7. The van der Waals surface area contributed by atoms with Gasteiger partial charge < -0.3 is 0 Å². The predicted molar refractivity (Wildman–Crippen MR) is 117 cm³/mol. The van der Waals surface area contributed by atoms with Gasteiger partial charge in [-0.2, -0.15) is 35.4 Å². The largest absolute Gasteiger partial charge is 0.299 e. The molecule has 3 heteroatoms. The van der Waals surface area contributed by atoms with E-state index in [1.54, 1.807) is 0 Å². The fourth-order valence-corrected chi connectivity index (χ4v) is 4.64. The molecule has 30 heavy (non-hydrogen) atoms. The summed E-state index contributed by atoms with van der Waals surface area (Å²) in [4.78, 5) is 25.0. The van der Waals surface area contributed by atoms with Gasteiger partial charge in [0, 0.05) is 44.5 Å². The molecule has 0 heterocycles. The van der Waals surface area contributed by atoms with E-state index < -0.39 is 0 Å². The summed E-state index contributed by atoms with van der Waals surface area (Å²) in [6, 6.07) is 24.2. The molecule has 2 nitrogen and oxygen atoms in total. The second-order valence-corrected chi connectivity index (χ2v) is 8.27. The Labute approximate surface area is 204 Å². The van der Waals surface area contributed by atoms with Crippen LogP contribution in [-0.4, -0.2) is 11.6 Å². The molecule has 0 saturated heterocycles. The topological polar surface area (TPSA) is 34.1 Å². The summed E-state index contributed by atoms with van der Waals surface area (Å²) in [5.41, 5.74) is 3.66. The third kappa shape index (κ3) is 5.34. The molecule has 0 N–H and O–H groups in total. The van der Waals surface area contributed by atoms with Crippen molar-refractivity contribution < 1.29 is 42.3 Å². The van der Waals surface area contributed by atoms with Gasteiger partial charge in [0.25, 0.3) is 0 Å². The maximum absolute atomic E-state index is 12.5. The Hall–Kier alpha value is -1.64. The Morgan fingerprint density at radius 3 is 2.37 bits per heavy atom. The van der Waals surface area contributed by atoms with Crippen LogP contribution >= 0.6 is 0 Å². The third-order valence-electron chi connectivity index (χ3n) is 6.28. The molecular weight excluding hydrogens is 445 g/mol. The monoisotopic (exact) mass is 472 g/mol. The van der Waals surface area contributed by atoms with Gasteiger partial charge in [0.2, 0.25) is 0 Å². The summed E-state index contributed by atoms with van der Waals surface area (Å²) in [5, 5.41) is 2.48. The van der Waals surface area contributed by atoms with Crippen LogP contribution in [0.3, 0.4) is 0 Å². The Morgan fingerprint density at radius 2 is 1.60 bits per heavy atom. The number of hydrogen-bond donors (Lipinski definition) is 0. The number of hydrogen-bond acceptors (Lipinski definition) is 2. The Morgan fingerprint density at radius 1 is 0.867 bits per heavy atom. The van der Waals surface area contributed by atoms with Crippen molar-refractivity contribution in [3.05, 3.63) is 83.4 Å². The minimum Gasteiger partial charge on any atom is -0.299 e. The normalized spacial score (nSPS) is 18.6. The zero-order chi connectivity index (χ0) is 20.2. The molecule has 4 rings (SSSR count). The summed E-state index contributed by atoms with van der Waals surface area (Å²) in [6.45, 7) is 2.03. The number of fused-ring (bicyclic) bond motifs is 1. The zero-order valence-corrected chi connectivity index (χ0v) is 20.4. The molecule has 1 aliphatic rings. The molecule has 2 atom stereocenters. The number of benzene rings is 3. The SMILES string of the molecule is Cc1[c-]cc(CCC[C@H]2C(=O)CC(=O)[C@@H]2CCc2cccc3ccccc23)cc1.[Y]. The predicted octanol–water partition coefficient (Wildman–Crippen LogP) is 5.68. The average molecular weight is 472 g/mol. The minimum atomic E-state index is -0.119. The molecule has 151 valence electrons. The molecule has 1 fully saturated rings. The van der Waals surface area contributed by atoms with Gasteiger partial charge in [0.05, 0.1) is 6.42 Å². The van der Waals surface area contributed by atoms with Crippen LogP contribution in [0.2, 0.25) is 0 Å². The standard InChI is InChI=1S/C27H27O2.Y/c1-19-12-14-20(15-13-19)6-4-11-24-25(27(29)18-26(24)28)17-16-22-9-5-8-21-7-2-3-10-23(21)22;/h2-3,5,7-10,12,14-15,24-25H,4,6,11,16-18H2,1H3;/q-1;/t24-,25-;/m1./s1. The molecule has 0 aromatic heterocycles. The number of aryl methyl sites for hydroxylation is 3. The zero-order valence-electron chi connectivity index (χ0n) is 17.6. The van der Waals surface area contributed by atoms with Gasteiger partial charge in [-0.1, -0.05) is 62.2 Å². The fourth-order valence-electron chi connectivity index (χ4n) is 4.64. The summed E-state index contributed by atoms with van der Waals surface area (Å²) >= 11 is 0. The van der Waals surface area contributed by atoms with E-state index in [-0.39, 0.29) is 62.5 Å². The van der Waals surface area contributed by atoms with Crippen LogP contribution < -0.4 is 0 Å². The van der Waals surface area contributed by atoms with E-state index in [2.05, 4.69) is 54.6 Å². The van der Waals surface area contributed by atoms with Crippen LogP contribution in [0.15, 0.2) is 60.7 Å². The molecule has 1 aliphatic carbocycles. The summed E-state index contributed by atoms with van der Waals surface area (Å²) < 4.78 is 0. The minimum absolute atomic E-state index is 0. The maximum atomic E-state index is 12.5. The molecule has 0 aliphatic heterocycles. The van der Waals surface area contributed by atoms with E-state index in [4.69, 9.17) is 0 Å². The first-order chi connectivity index (χ1) is 14.1. The van der Waals surface area contributed by atoms with Gasteiger partial charge in [-0.05, 0) is 35.6 Å². The van der Waals surface area contributed by atoms with Crippen molar-refractivity contribution in [3.8, 4) is 0 Å². The molecule has 1 radical (unpaired) electrons. The van der Waals surface area contributed by atoms with Crippen LogP contribution in [0.5, 0.6) is 0 Å². The van der Waals surface area contributed by atoms with Crippen LogP contribution in [0.25, 0.3) is 10.8 Å². The fraction of sp³-hybridized carbons (Fsp3) is 0.333. The van der Waals surface area contributed by atoms with E-state index in [9.17, 15) is 9.59 Å². The number of Topliss-reactive ketones (excluding diaryl/α,β-unsaturated/α-hetero) is 2. The van der Waals surface area contributed by atoms with Gasteiger partial charge in [-0.25, -0.2) is 0 Å². The van der Waals surface area contributed by atoms with Crippen LogP contribution in [0.1, 0.15) is 42.4 Å². The van der Waals surface area contributed by atoms with Crippen molar-refractivity contribution in [1.82, 2.24) is 0 Å². The van der Waals surface area contributed by atoms with Crippen LogP contribution in [-0.2, 0) is 55.1 Å². The second kappa shape index (κ2) is 10.6.